The molecule has 18 heavy (non-hydrogen) atoms. The van der Waals surface area contributed by atoms with Gasteiger partial charge in [0.15, 0.2) is 0 Å². The summed E-state index contributed by atoms with van der Waals surface area (Å²) < 4.78 is 4.58. The lowest BCUT2D eigenvalue weighted by Gasteiger charge is -2.39. The Balaban J connectivity index is 0.000000335. The average molecular weight is 258 g/mol. The van der Waals surface area contributed by atoms with Crippen LogP contribution in [0.3, 0.4) is 0 Å². The van der Waals surface area contributed by atoms with E-state index < -0.39 is 11.7 Å². The van der Waals surface area contributed by atoms with Crippen molar-refractivity contribution >= 4 is 6.09 Å². The Bertz CT molecular complexity index is 257. The number of carbonyl (C=O) groups excluding carboxylic acids is 1. The fraction of sp³-hybridized carbons (Fsp3) is 0.929. The van der Waals surface area contributed by atoms with Crippen LogP contribution in [0.15, 0.2) is 0 Å². The Kier molecular flexibility index (Phi) is 5.93. The third-order valence-electron chi connectivity index (χ3n) is 3.39. The van der Waals surface area contributed by atoms with E-state index in [1.165, 1.54) is 51.6 Å². The molecule has 0 bridgehead atoms. The van der Waals surface area contributed by atoms with Crippen molar-refractivity contribution in [1.29, 1.82) is 0 Å². The van der Waals surface area contributed by atoms with E-state index in [2.05, 4.69) is 9.64 Å². The molecule has 1 heterocycles. The monoisotopic (exact) mass is 258 g/mol. The lowest BCUT2D eigenvalue weighted by atomic mass is 9.90. The van der Waals surface area contributed by atoms with Crippen LogP contribution in [0, 0.1) is 0 Å². The highest BCUT2D eigenvalue weighted by Crippen LogP contribution is 2.26. The van der Waals surface area contributed by atoms with Crippen molar-refractivity contribution in [2.24, 2.45) is 5.73 Å². The molecular weight excluding hydrogens is 228 g/mol. The molecule has 0 atom stereocenters. The zero-order valence-corrected chi connectivity index (χ0v) is 12.1. The fourth-order valence-electron chi connectivity index (χ4n) is 2.34. The van der Waals surface area contributed by atoms with E-state index in [4.69, 9.17) is 5.73 Å². The molecule has 4 heteroatoms. The third kappa shape index (κ3) is 6.24. The van der Waals surface area contributed by atoms with Gasteiger partial charge in [0.25, 0.3) is 0 Å². The Labute approximate surface area is 112 Å². The largest absolute Gasteiger partial charge is 0.444 e. The number of amides is 1. The van der Waals surface area contributed by atoms with Gasteiger partial charge in [-0.2, -0.15) is 0 Å². The predicted octanol–water partition coefficient (Wildman–Crippen LogP) is 3.15. The van der Waals surface area contributed by atoms with E-state index >= 15 is 0 Å². The first-order valence-electron chi connectivity index (χ1n) is 7.11. The van der Waals surface area contributed by atoms with Gasteiger partial charge in [-0.05, 0) is 59.5 Å². The van der Waals surface area contributed by atoms with Crippen molar-refractivity contribution < 1.29 is 11.0 Å². The second-order valence-corrected chi connectivity index (χ2v) is 6.21. The number of primary amides is 1. The summed E-state index contributed by atoms with van der Waals surface area (Å²) in [6.45, 7) is 8.07. The molecule has 108 valence electrons. The first-order chi connectivity index (χ1) is 8.38. The Hall–Kier alpha value is -0.770. The molecule has 2 rings (SSSR count). The van der Waals surface area contributed by atoms with Crippen molar-refractivity contribution in [3.05, 3.63) is 0 Å². The van der Waals surface area contributed by atoms with Gasteiger partial charge in [-0.3, -0.25) is 0 Å². The maximum Gasteiger partial charge on any atom is 0.405 e. The van der Waals surface area contributed by atoms with Crippen LogP contribution < -0.4 is 5.73 Å². The van der Waals surface area contributed by atoms with E-state index in [0.717, 1.165) is 6.04 Å². The number of ether oxygens (including phenoxy) is 1. The van der Waals surface area contributed by atoms with Crippen LogP contribution in [-0.2, 0) is 4.74 Å². The molecule has 0 radical (unpaired) electrons. The summed E-state index contributed by atoms with van der Waals surface area (Å²) in [6.07, 6.45) is 8.12. The summed E-state index contributed by atoms with van der Waals surface area (Å²) in [5.74, 6) is 0. The van der Waals surface area contributed by atoms with E-state index in [-0.39, 0.29) is 1.43 Å². The zero-order valence-electron chi connectivity index (χ0n) is 12.1. The topological polar surface area (TPSA) is 55.6 Å². The molecule has 1 saturated carbocycles. The van der Waals surface area contributed by atoms with Crippen LogP contribution in [0.2, 0.25) is 0 Å². The van der Waals surface area contributed by atoms with E-state index in [0.29, 0.717) is 0 Å². The molecule has 0 aromatic carbocycles. The minimum Gasteiger partial charge on any atom is -0.444 e. The molecule has 0 unspecified atom stereocenters. The first kappa shape index (κ1) is 15.3. The van der Waals surface area contributed by atoms with Gasteiger partial charge in [0, 0.05) is 7.47 Å². The third-order valence-corrected chi connectivity index (χ3v) is 3.39. The van der Waals surface area contributed by atoms with Gasteiger partial charge in [-0.25, -0.2) is 4.79 Å². The lowest BCUT2D eigenvalue weighted by Crippen LogP contribution is -2.42. The number of rotatable bonds is 1. The second-order valence-electron chi connectivity index (χ2n) is 6.21. The van der Waals surface area contributed by atoms with Crippen LogP contribution in [0.4, 0.5) is 4.79 Å². The van der Waals surface area contributed by atoms with Crippen molar-refractivity contribution in [1.82, 2.24) is 4.90 Å². The number of nitrogens with two attached hydrogens (primary N) is 1. The molecule has 0 aromatic heterocycles. The van der Waals surface area contributed by atoms with Crippen molar-refractivity contribution in [2.75, 3.05) is 13.1 Å². The summed E-state index contributed by atoms with van der Waals surface area (Å²) in [4.78, 5) is 12.7. The van der Waals surface area contributed by atoms with Crippen molar-refractivity contribution in [3.8, 4) is 0 Å². The SMILES string of the molecule is C1CCN(C2CCC2)CC1.CC(C)(C)OC(N)=O.[HH]. The van der Waals surface area contributed by atoms with Gasteiger partial charge >= 0.3 is 6.09 Å². The maximum absolute atomic E-state index is 10.0. The van der Waals surface area contributed by atoms with Crippen molar-refractivity contribution in [3.63, 3.8) is 0 Å². The van der Waals surface area contributed by atoms with Gasteiger partial charge in [0.2, 0.25) is 0 Å². The van der Waals surface area contributed by atoms with Crippen LogP contribution in [0.25, 0.3) is 0 Å². The summed E-state index contributed by atoms with van der Waals surface area (Å²) in [7, 11) is 0. The average Bonchev–Trinajstić information content (AvgIpc) is 2.13. The predicted molar refractivity (Wildman–Crippen MR) is 75.6 cm³/mol. The molecule has 1 aliphatic heterocycles. The lowest BCUT2D eigenvalue weighted by molar-refractivity contribution is 0.0600. The Morgan fingerprint density at radius 2 is 1.72 bits per heavy atom. The van der Waals surface area contributed by atoms with Gasteiger partial charge in [0.1, 0.15) is 5.60 Å². The summed E-state index contributed by atoms with van der Waals surface area (Å²) in [6, 6.07) is 1.00. The quantitative estimate of drug-likeness (QED) is 0.786. The number of hydrogen-bond acceptors (Lipinski definition) is 3. The standard InChI is InChI=1S/C9H17N.C5H11NO2.H2/c1-2-7-10(8-3-1)9-5-4-6-9;1-5(2,3)8-4(6)7;/h9H,1-8H2;1-3H3,(H2,6,7);1H. The van der Waals surface area contributed by atoms with E-state index in [9.17, 15) is 4.79 Å². The van der Waals surface area contributed by atoms with Gasteiger partial charge in [-0.1, -0.05) is 12.8 Å². The van der Waals surface area contributed by atoms with Crippen molar-refractivity contribution in [2.45, 2.75) is 70.9 Å². The number of hydrogen-bond donors (Lipinski definition) is 1. The van der Waals surface area contributed by atoms with Crippen LogP contribution in [0.5, 0.6) is 0 Å². The molecule has 1 amide bonds. The number of likely N-dealkylation sites (tertiary alicyclic amines) is 1. The molecule has 2 aliphatic rings. The van der Waals surface area contributed by atoms with Gasteiger partial charge < -0.3 is 15.4 Å². The Morgan fingerprint density at radius 3 is 2.00 bits per heavy atom. The van der Waals surface area contributed by atoms with Crippen LogP contribution >= 0.6 is 0 Å². The maximum atomic E-state index is 10.0. The van der Waals surface area contributed by atoms with Gasteiger partial charge in [0.05, 0.1) is 0 Å². The van der Waals surface area contributed by atoms with E-state index in [1.54, 1.807) is 20.8 Å². The second kappa shape index (κ2) is 6.98. The highest BCUT2D eigenvalue weighted by molar-refractivity contribution is 5.65. The zero-order chi connectivity index (χ0) is 13.6. The van der Waals surface area contributed by atoms with E-state index in [1.807, 2.05) is 0 Å². The summed E-state index contributed by atoms with van der Waals surface area (Å²) in [5.41, 5.74) is 4.26. The summed E-state index contributed by atoms with van der Waals surface area (Å²) in [5, 5.41) is 0. The number of piperidine rings is 1. The number of nitrogens with zero attached hydrogens (tertiary/aromatic N) is 1. The van der Waals surface area contributed by atoms with Gasteiger partial charge in [-0.15, -0.1) is 0 Å². The molecule has 1 aliphatic carbocycles. The highest BCUT2D eigenvalue weighted by atomic mass is 16.6. The summed E-state index contributed by atoms with van der Waals surface area (Å²) >= 11 is 0. The fourth-order valence-corrected chi connectivity index (χ4v) is 2.34. The normalized spacial score (nSPS) is 21.5. The molecule has 1 saturated heterocycles. The number of carbonyl (C=O) groups is 1. The minimum atomic E-state index is -0.725. The molecule has 0 aromatic rings. The van der Waals surface area contributed by atoms with Crippen LogP contribution in [-0.4, -0.2) is 35.7 Å². The molecule has 2 fully saturated rings. The highest BCUT2D eigenvalue weighted by Gasteiger charge is 2.25. The smallest absolute Gasteiger partial charge is 0.405 e. The van der Waals surface area contributed by atoms with Crippen LogP contribution in [0.1, 0.15) is 60.7 Å². The molecule has 0 spiro atoms. The minimum absolute atomic E-state index is 0. The molecule has 2 N–H and O–H groups in total. The molecule has 4 nitrogen and oxygen atoms in total. The molecular formula is C14H30N2O2. The Morgan fingerprint density at radius 1 is 1.17 bits per heavy atom. The first-order valence-corrected chi connectivity index (χ1v) is 7.11.